The van der Waals surface area contributed by atoms with E-state index in [1.807, 2.05) is 37.4 Å². The van der Waals surface area contributed by atoms with Crippen molar-refractivity contribution in [3.63, 3.8) is 0 Å². The largest absolute Gasteiger partial charge is 0.342 e. The number of amides is 2. The maximum atomic E-state index is 12.7. The minimum absolute atomic E-state index is 0.0269. The minimum Gasteiger partial charge on any atom is -0.342 e. The van der Waals surface area contributed by atoms with Gasteiger partial charge in [-0.05, 0) is 36.7 Å². The van der Waals surface area contributed by atoms with E-state index in [0.717, 1.165) is 24.3 Å². The number of nitrogens with zero attached hydrogens (tertiary/aromatic N) is 1. The van der Waals surface area contributed by atoms with Crippen LogP contribution in [0, 0.1) is 5.92 Å². The molecule has 2 saturated heterocycles. The van der Waals surface area contributed by atoms with E-state index in [0.29, 0.717) is 6.42 Å². The lowest BCUT2D eigenvalue weighted by molar-refractivity contribution is -0.153. The second-order valence-corrected chi connectivity index (χ2v) is 6.97. The highest BCUT2D eigenvalue weighted by molar-refractivity contribution is 7.99. The lowest BCUT2D eigenvalue weighted by Gasteiger charge is -2.45. The highest BCUT2D eigenvalue weighted by Gasteiger charge is 2.43. The highest BCUT2D eigenvalue weighted by atomic mass is 32.2. The molecule has 4 nitrogen and oxygen atoms in total. The molecule has 2 rings (SSSR count). The first-order valence-electron chi connectivity index (χ1n) is 7.26. The molecule has 0 aromatic heterocycles. The number of carbonyl (C=O) groups is 2. The summed E-state index contributed by atoms with van der Waals surface area (Å²) >= 11 is 1.94. The molecule has 0 spiro atoms. The van der Waals surface area contributed by atoms with E-state index in [9.17, 15) is 9.59 Å². The van der Waals surface area contributed by atoms with Gasteiger partial charge in [-0.15, -0.1) is 0 Å². The summed E-state index contributed by atoms with van der Waals surface area (Å²) in [6.45, 7) is 5.96. The first-order valence-corrected chi connectivity index (χ1v) is 8.42. The predicted octanol–water partition coefficient (Wildman–Crippen LogP) is 1.64. The second kappa shape index (κ2) is 6.16. The van der Waals surface area contributed by atoms with Crippen molar-refractivity contribution in [3.8, 4) is 0 Å². The Morgan fingerprint density at radius 3 is 2.47 bits per heavy atom. The molecule has 0 aliphatic carbocycles. The van der Waals surface area contributed by atoms with E-state index in [4.69, 9.17) is 0 Å². The molecule has 19 heavy (non-hydrogen) atoms. The average molecular weight is 284 g/mol. The van der Waals surface area contributed by atoms with Gasteiger partial charge in [0.25, 0.3) is 0 Å². The number of hydrogen-bond donors (Lipinski definition) is 1. The Kier molecular flexibility index (Phi) is 4.76. The van der Waals surface area contributed by atoms with Crippen molar-refractivity contribution >= 4 is 23.6 Å². The van der Waals surface area contributed by atoms with Crippen LogP contribution in [0.4, 0.5) is 0 Å². The van der Waals surface area contributed by atoms with Crippen molar-refractivity contribution in [1.29, 1.82) is 0 Å². The van der Waals surface area contributed by atoms with Crippen molar-refractivity contribution in [3.05, 3.63) is 0 Å². The quantitative estimate of drug-likeness (QED) is 0.857. The molecule has 5 heteroatoms. The molecule has 2 amide bonds. The maximum absolute atomic E-state index is 12.7. The molecular weight excluding hydrogens is 260 g/mol. The van der Waals surface area contributed by atoms with Gasteiger partial charge >= 0.3 is 0 Å². The Bertz CT molecular complexity index is 353. The van der Waals surface area contributed by atoms with E-state index in [1.165, 1.54) is 0 Å². The van der Waals surface area contributed by atoms with Crippen LogP contribution in [-0.2, 0) is 9.59 Å². The molecule has 1 N–H and O–H groups in total. The van der Waals surface area contributed by atoms with Gasteiger partial charge in [0.2, 0.25) is 11.8 Å². The van der Waals surface area contributed by atoms with Crippen LogP contribution >= 0.6 is 11.8 Å². The molecule has 108 valence electrons. The highest BCUT2D eigenvalue weighted by Crippen LogP contribution is 2.28. The third-order valence-electron chi connectivity index (χ3n) is 4.09. The fourth-order valence-corrected chi connectivity index (χ4v) is 4.06. The SMILES string of the molecule is CCC1C(=O)NC(C(C)C)C(=O)N1C1CCSCC1. The Morgan fingerprint density at radius 2 is 1.95 bits per heavy atom. The fourth-order valence-electron chi connectivity index (χ4n) is 2.98. The molecule has 0 bridgehead atoms. The van der Waals surface area contributed by atoms with E-state index < -0.39 is 0 Å². The van der Waals surface area contributed by atoms with Crippen LogP contribution in [0.2, 0.25) is 0 Å². The minimum atomic E-state index is -0.343. The smallest absolute Gasteiger partial charge is 0.246 e. The molecular formula is C14H24N2O2S. The zero-order chi connectivity index (χ0) is 14.0. The summed E-state index contributed by atoms with van der Waals surface area (Å²) in [5.74, 6) is 2.49. The molecule has 0 radical (unpaired) electrons. The van der Waals surface area contributed by atoms with E-state index in [2.05, 4.69) is 5.32 Å². The summed E-state index contributed by atoms with van der Waals surface area (Å²) < 4.78 is 0. The number of piperazine rings is 1. The number of thioether (sulfide) groups is 1. The summed E-state index contributed by atoms with van der Waals surface area (Å²) in [7, 11) is 0. The van der Waals surface area contributed by atoms with Gasteiger partial charge in [0.15, 0.2) is 0 Å². The van der Waals surface area contributed by atoms with Gasteiger partial charge in [-0.3, -0.25) is 9.59 Å². The molecule has 0 aromatic carbocycles. The maximum Gasteiger partial charge on any atom is 0.246 e. The second-order valence-electron chi connectivity index (χ2n) is 5.74. The number of rotatable bonds is 3. The third kappa shape index (κ3) is 2.91. The molecule has 2 aliphatic rings. The van der Waals surface area contributed by atoms with Crippen molar-refractivity contribution < 1.29 is 9.59 Å². The lowest BCUT2D eigenvalue weighted by Crippen LogP contribution is -2.67. The van der Waals surface area contributed by atoms with Crippen molar-refractivity contribution in [2.45, 2.75) is 58.2 Å². The van der Waals surface area contributed by atoms with E-state index in [1.54, 1.807) is 0 Å². The van der Waals surface area contributed by atoms with Gasteiger partial charge in [-0.25, -0.2) is 0 Å². The summed E-state index contributed by atoms with van der Waals surface area (Å²) in [4.78, 5) is 26.8. The van der Waals surface area contributed by atoms with Crippen LogP contribution < -0.4 is 5.32 Å². The number of hydrogen-bond acceptors (Lipinski definition) is 3. The molecule has 2 heterocycles. The van der Waals surface area contributed by atoms with Gasteiger partial charge in [0.05, 0.1) is 0 Å². The molecule has 2 fully saturated rings. The third-order valence-corrected chi connectivity index (χ3v) is 5.14. The Morgan fingerprint density at radius 1 is 1.32 bits per heavy atom. The lowest BCUT2D eigenvalue weighted by atomic mass is 9.94. The number of nitrogens with one attached hydrogen (secondary N) is 1. The first kappa shape index (κ1) is 14.7. The van der Waals surface area contributed by atoms with Crippen LogP contribution in [0.5, 0.6) is 0 Å². The van der Waals surface area contributed by atoms with Gasteiger partial charge in [0.1, 0.15) is 12.1 Å². The van der Waals surface area contributed by atoms with E-state index >= 15 is 0 Å². The topological polar surface area (TPSA) is 49.4 Å². The Balaban J connectivity index is 2.22. The van der Waals surface area contributed by atoms with Crippen molar-refractivity contribution in [2.24, 2.45) is 5.92 Å². The first-order chi connectivity index (χ1) is 9.06. The van der Waals surface area contributed by atoms with Gasteiger partial charge in [-0.2, -0.15) is 11.8 Å². The molecule has 2 atom stereocenters. The van der Waals surface area contributed by atoms with Gasteiger partial charge in [-0.1, -0.05) is 20.8 Å². The zero-order valence-electron chi connectivity index (χ0n) is 12.0. The average Bonchev–Trinajstić information content (AvgIpc) is 2.41. The van der Waals surface area contributed by atoms with Crippen LogP contribution in [0.1, 0.15) is 40.0 Å². The summed E-state index contributed by atoms with van der Waals surface area (Å²) in [6, 6.07) is -0.355. The fraction of sp³-hybridized carbons (Fsp3) is 0.857. The predicted molar refractivity (Wildman–Crippen MR) is 78.0 cm³/mol. The molecule has 0 aromatic rings. The standard InChI is InChI=1S/C14H24N2O2S/c1-4-11-13(17)15-12(9(2)3)14(18)16(11)10-5-7-19-8-6-10/h9-12H,4-8H2,1-3H3,(H,15,17). The Labute approximate surface area is 119 Å². The molecule has 0 saturated carbocycles. The Hall–Kier alpha value is -0.710. The van der Waals surface area contributed by atoms with Crippen LogP contribution in [0.3, 0.4) is 0 Å². The summed E-state index contributed by atoms with van der Waals surface area (Å²) in [5.41, 5.74) is 0. The summed E-state index contributed by atoms with van der Waals surface area (Å²) in [5, 5.41) is 2.90. The van der Waals surface area contributed by atoms with Crippen molar-refractivity contribution in [2.75, 3.05) is 11.5 Å². The van der Waals surface area contributed by atoms with Gasteiger partial charge < -0.3 is 10.2 Å². The monoisotopic (exact) mass is 284 g/mol. The van der Waals surface area contributed by atoms with Gasteiger partial charge in [0, 0.05) is 6.04 Å². The zero-order valence-corrected chi connectivity index (χ0v) is 12.8. The van der Waals surface area contributed by atoms with Crippen molar-refractivity contribution in [1.82, 2.24) is 10.2 Å². The van der Waals surface area contributed by atoms with Crippen LogP contribution in [-0.4, -0.2) is 46.3 Å². The molecule has 2 aliphatic heterocycles. The van der Waals surface area contributed by atoms with E-state index in [-0.39, 0.29) is 35.9 Å². The normalized spacial score (nSPS) is 29.8. The number of carbonyl (C=O) groups excluding carboxylic acids is 2. The van der Waals surface area contributed by atoms with Crippen LogP contribution in [0.15, 0.2) is 0 Å². The summed E-state index contributed by atoms with van der Waals surface area (Å²) in [6.07, 6.45) is 2.74. The molecule has 2 unspecified atom stereocenters. The van der Waals surface area contributed by atoms with Crippen LogP contribution in [0.25, 0.3) is 0 Å².